The van der Waals surface area contributed by atoms with Gasteiger partial charge in [-0.3, -0.25) is 9.36 Å². The summed E-state index contributed by atoms with van der Waals surface area (Å²) in [5, 5.41) is 1.03. The van der Waals surface area contributed by atoms with E-state index in [1.165, 1.54) is 34.7 Å². The molecule has 0 radical (unpaired) electrons. The van der Waals surface area contributed by atoms with Crippen LogP contribution >= 0.6 is 0 Å². The number of hydrogen-bond acceptors (Lipinski definition) is 3. The van der Waals surface area contributed by atoms with E-state index in [1.54, 1.807) is 4.57 Å². The fourth-order valence-electron chi connectivity index (χ4n) is 3.93. The highest BCUT2D eigenvalue weighted by Crippen LogP contribution is 2.39. The fraction of sp³-hybridized carbons (Fsp3) is 0.250. The number of aromatic nitrogens is 1. The van der Waals surface area contributed by atoms with Crippen molar-refractivity contribution in [3.63, 3.8) is 0 Å². The molecule has 5 rings (SSSR count). The van der Waals surface area contributed by atoms with Crippen LogP contribution in [0.4, 0.5) is 4.39 Å². The second-order valence-electron chi connectivity index (χ2n) is 6.93. The van der Waals surface area contributed by atoms with E-state index in [0.717, 1.165) is 41.9 Å². The van der Waals surface area contributed by atoms with E-state index in [0.29, 0.717) is 11.3 Å². The van der Waals surface area contributed by atoms with E-state index in [1.807, 2.05) is 12.1 Å². The van der Waals surface area contributed by atoms with Crippen molar-refractivity contribution in [2.45, 2.75) is 13.0 Å². The molecule has 3 aromatic rings. The van der Waals surface area contributed by atoms with Crippen LogP contribution in [0.3, 0.4) is 0 Å². The van der Waals surface area contributed by atoms with E-state index < -0.39 is 0 Å². The summed E-state index contributed by atoms with van der Waals surface area (Å²) in [6.45, 7) is 2.02. The molecule has 0 saturated carbocycles. The zero-order valence-corrected chi connectivity index (χ0v) is 15.5. The summed E-state index contributed by atoms with van der Waals surface area (Å²) < 4.78 is 26.1. The fourth-order valence-corrected chi connectivity index (χ4v) is 3.93. The molecule has 1 N–H and O–H groups in total. The maximum Gasteiger partial charge on any atom is 0.262 e. The molecule has 27 heavy (non-hydrogen) atoms. The molecule has 2 aliphatic rings. The first-order valence-corrected chi connectivity index (χ1v) is 8.69. The van der Waals surface area contributed by atoms with Gasteiger partial charge in [0.1, 0.15) is 12.4 Å². The molecular formula is C20H18ClFN2O3. The average Bonchev–Trinajstić information content (AvgIpc) is 3.21. The smallest absolute Gasteiger partial charge is 0.262 e. The molecule has 0 fully saturated rings. The number of nitrogens with one attached hydrogen (secondary N) is 1. The second-order valence-corrected chi connectivity index (χ2v) is 6.93. The lowest BCUT2D eigenvalue weighted by Crippen LogP contribution is -3.08. The Kier molecular flexibility index (Phi) is 4.32. The van der Waals surface area contributed by atoms with Crippen LogP contribution in [0.5, 0.6) is 11.5 Å². The topological polar surface area (TPSA) is 44.9 Å². The highest BCUT2D eigenvalue weighted by atomic mass is 35.5. The number of likely N-dealkylation sites (N-methyl/N-ethyl adjacent to an activating group) is 1. The minimum atomic E-state index is -0.352. The summed E-state index contributed by atoms with van der Waals surface area (Å²) in [4.78, 5) is 14.7. The summed E-state index contributed by atoms with van der Waals surface area (Å²) in [6, 6.07) is 9.55. The molecule has 0 bridgehead atoms. The van der Waals surface area contributed by atoms with Gasteiger partial charge in [-0.1, -0.05) is 0 Å². The van der Waals surface area contributed by atoms with Gasteiger partial charge in [0.15, 0.2) is 11.5 Å². The standard InChI is InChI=1S/C20H17FN2O3.ClH/c1-22-7-6-16-15(10-22)14-8-18-19(26-11-25-18)9-17(14)23(16)20(24)12-2-4-13(21)5-3-12;/h2-5,8-9H,6-7,10-11H2,1H3;1H. The molecule has 1 atom stereocenters. The monoisotopic (exact) mass is 388 g/mol. The Labute approximate surface area is 161 Å². The Morgan fingerprint density at radius 3 is 2.59 bits per heavy atom. The maximum absolute atomic E-state index is 13.3. The van der Waals surface area contributed by atoms with Crippen LogP contribution in [0.2, 0.25) is 0 Å². The Hall–Kier alpha value is -2.57. The number of carbonyl (C=O) groups excluding carboxylic acids is 1. The van der Waals surface area contributed by atoms with Crippen LogP contribution in [-0.2, 0) is 13.0 Å². The van der Waals surface area contributed by atoms with E-state index in [-0.39, 0.29) is 30.9 Å². The van der Waals surface area contributed by atoms with Gasteiger partial charge in [-0.25, -0.2) is 4.39 Å². The third-order valence-corrected chi connectivity index (χ3v) is 5.24. The lowest BCUT2D eigenvalue weighted by Gasteiger charge is -2.21. The summed E-state index contributed by atoms with van der Waals surface area (Å²) >= 11 is 0. The average molecular weight is 389 g/mol. The van der Waals surface area contributed by atoms with Crippen LogP contribution < -0.4 is 26.8 Å². The van der Waals surface area contributed by atoms with Gasteiger partial charge < -0.3 is 26.8 Å². The molecule has 0 spiro atoms. The van der Waals surface area contributed by atoms with Gasteiger partial charge in [-0.15, -0.1) is 0 Å². The normalized spacial score (nSPS) is 17.5. The van der Waals surface area contributed by atoms with E-state index in [2.05, 4.69) is 7.05 Å². The molecule has 0 amide bonds. The molecule has 0 saturated heterocycles. The van der Waals surface area contributed by atoms with Crippen molar-refractivity contribution in [2.75, 3.05) is 20.4 Å². The van der Waals surface area contributed by atoms with Crippen molar-refractivity contribution in [1.82, 2.24) is 4.57 Å². The molecular weight excluding hydrogens is 371 g/mol. The van der Waals surface area contributed by atoms with Gasteiger partial charge in [-0.05, 0) is 30.3 Å². The second kappa shape index (κ2) is 6.55. The van der Waals surface area contributed by atoms with E-state index in [9.17, 15) is 9.18 Å². The molecule has 1 unspecified atom stereocenters. The number of rotatable bonds is 1. The van der Waals surface area contributed by atoms with Crippen LogP contribution in [0.1, 0.15) is 21.6 Å². The van der Waals surface area contributed by atoms with Crippen molar-refractivity contribution in [1.29, 1.82) is 0 Å². The largest absolute Gasteiger partial charge is 1.00 e. The molecule has 2 aromatic carbocycles. The number of nitrogens with zero attached hydrogens (tertiary/aromatic N) is 1. The summed E-state index contributed by atoms with van der Waals surface area (Å²) in [5.74, 6) is 0.875. The van der Waals surface area contributed by atoms with Crippen molar-refractivity contribution >= 4 is 16.8 Å². The summed E-state index contributed by atoms with van der Waals surface area (Å²) in [6.07, 6.45) is 0.815. The molecule has 140 valence electrons. The summed E-state index contributed by atoms with van der Waals surface area (Å²) in [5.41, 5.74) is 3.50. The number of carbonyl (C=O) groups is 1. The van der Waals surface area contributed by atoms with E-state index >= 15 is 0 Å². The van der Waals surface area contributed by atoms with Crippen molar-refractivity contribution < 1.29 is 36.0 Å². The maximum atomic E-state index is 13.3. The first-order valence-electron chi connectivity index (χ1n) is 8.69. The first kappa shape index (κ1) is 17.8. The molecule has 0 aliphatic carbocycles. The lowest BCUT2D eigenvalue weighted by molar-refractivity contribution is -0.895. The molecule has 5 nitrogen and oxygen atoms in total. The number of benzene rings is 2. The van der Waals surface area contributed by atoms with Gasteiger partial charge in [0.25, 0.3) is 5.91 Å². The van der Waals surface area contributed by atoms with Gasteiger partial charge in [0, 0.05) is 34.7 Å². The lowest BCUT2D eigenvalue weighted by atomic mass is 10.0. The Balaban J connectivity index is 0.00000180. The Bertz CT molecular complexity index is 1050. The number of ether oxygens (including phenoxy) is 2. The number of hydrogen-bond donors (Lipinski definition) is 1. The molecule has 3 heterocycles. The van der Waals surface area contributed by atoms with Gasteiger partial charge in [0.05, 0.1) is 19.1 Å². The zero-order valence-electron chi connectivity index (χ0n) is 14.7. The van der Waals surface area contributed by atoms with Crippen molar-refractivity contribution in [3.8, 4) is 11.5 Å². The third-order valence-electron chi connectivity index (χ3n) is 5.24. The molecule has 2 aliphatic heterocycles. The minimum Gasteiger partial charge on any atom is -1.00 e. The zero-order chi connectivity index (χ0) is 17.8. The van der Waals surface area contributed by atoms with Gasteiger partial charge in [0.2, 0.25) is 6.79 Å². The van der Waals surface area contributed by atoms with Crippen LogP contribution in [0.25, 0.3) is 10.9 Å². The predicted octanol–water partition coefficient (Wildman–Crippen LogP) is -1.23. The quantitative estimate of drug-likeness (QED) is 0.568. The van der Waals surface area contributed by atoms with Gasteiger partial charge >= 0.3 is 0 Å². The third kappa shape index (κ3) is 2.76. The van der Waals surface area contributed by atoms with Crippen molar-refractivity contribution in [2.24, 2.45) is 0 Å². The van der Waals surface area contributed by atoms with Gasteiger partial charge in [-0.2, -0.15) is 0 Å². The molecule has 1 aromatic heterocycles. The van der Waals surface area contributed by atoms with Crippen LogP contribution in [0, 0.1) is 5.82 Å². The Morgan fingerprint density at radius 1 is 1.15 bits per heavy atom. The predicted molar refractivity (Wildman–Crippen MR) is 93.4 cm³/mol. The number of fused-ring (bicyclic) bond motifs is 4. The van der Waals surface area contributed by atoms with Crippen LogP contribution in [-0.4, -0.2) is 30.9 Å². The van der Waals surface area contributed by atoms with E-state index in [4.69, 9.17) is 9.47 Å². The number of quaternary nitrogens is 1. The molecule has 7 heteroatoms. The number of halogens is 2. The SMILES string of the molecule is C[NH+]1CCc2c(c3cc4c(cc3n2C(=O)c2ccc(F)cc2)OCO4)C1.[Cl-]. The first-order chi connectivity index (χ1) is 12.6. The van der Waals surface area contributed by atoms with Crippen LogP contribution in [0.15, 0.2) is 36.4 Å². The summed E-state index contributed by atoms with van der Waals surface area (Å²) in [7, 11) is 2.15. The highest BCUT2D eigenvalue weighted by molar-refractivity contribution is 6.04. The minimum absolute atomic E-state index is 0. The Morgan fingerprint density at radius 2 is 1.85 bits per heavy atom. The highest BCUT2D eigenvalue weighted by Gasteiger charge is 2.30. The van der Waals surface area contributed by atoms with Crippen molar-refractivity contribution in [3.05, 3.63) is 59.0 Å².